The number of allylic oxidation sites excluding steroid dienone is 4. The van der Waals surface area contributed by atoms with Crippen LogP contribution in [0.3, 0.4) is 0 Å². The molecule has 4 rings (SSSR count). The summed E-state index contributed by atoms with van der Waals surface area (Å²) in [6.07, 6.45) is 11.5. The average Bonchev–Trinajstić information content (AvgIpc) is 2.84. The second kappa shape index (κ2) is 5.51. The monoisotopic (exact) mass is 306 g/mol. The van der Waals surface area contributed by atoms with Crippen LogP contribution in [0.15, 0.2) is 70.1 Å². The zero-order chi connectivity index (χ0) is 15.8. The maximum atomic E-state index is 13.7. The number of halogens is 1. The molecule has 0 spiro atoms. The molecule has 1 heterocycles. The largest absolute Gasteiger partial charge is 0.464 e. The minimum absolute atomic E-state index is 0.00165. The van der Waals surface area contributed by atoms with Gasteiger partial charge in [0.1, 0.15) is 11.4 Å². The van der Waals surface area contributed by atoms with Crippen molar-refractivity contribution in [3.05, 3.63) is 82.5 Å². The Hall–Kier alpha value is -2.68. The molecule has 0 bridgehead atoms. The standard InChI is InChI=1S/C20H15FO2/c21-15-9-7-14-8-10-18-19(16(14)11-15)20(22)17(12-23-18)13-5-3-1-2-4-6-13/h1,3-4,6-13H,2,5H2. The Bertz CT molecular complexity index is 1010. The molecule has 1 aliphatic carbocycles. The van der Waals surface area contributed by atoms with Gasteiger partial charge < -0.3 is 4.42 Å². The van der Waals surface area contributed by atoms with Crippen LogP contribution in [0.5, 0.6) is 0 Å². The van der Waals surface area contributed by atoms with Gasteiger partial charge in [-0.2, -0.15) is 0 Å². The lowest BCUT2D eigenvalue weighted by molar-refractivity contribution is 0.587. The van der Waals surface area contributed by atoms with Gasteiger partial charge >= 0.3 is 0 Å². The first-order chi connectivity index (χ1) is 11.2. The third-order valence-electron chi connectivity index (χ3n) is 4.34. The smallest absolute Gasteiger partial charge is 0.197 e. The Kier molecular flexibility index (Phi) is 3.34. The van der Waals surface area contributed by atoms with Crippen LogP contribution in [-0.4, -0.2) is 0 Å². The molecule has 114 valence electrons. The van der Waals surface area contributed by atoms with E-state index in [9.17, 15) is 9.18 Å². The van der Waals surface area contributed by atoms with Gasteiger partial charge in [-0.3, -0.25) is 4.79 Å². The van der Waals surface area contributed by atoms with Crippen molar-refractivity contribution in [2.45, 2.75) is 18.8 Å². The molecule has 1 atom stereocenters. The average molecular weight is 306 g/mol. The topological polar surface area (TPSA) is 30.2 Å². The number of hydrogen-bond acceptors (Lipinski definition) is 2. The highest BCUT2D eigenvalue weighted by Gasteiger charge is 2.17. The summed E-state index contributed by atoms with van der Waals surface area (Å²) in [4.78, 5) is 13.0. The molecule has 3 aromatic rings. The summed E-state index contributed by atoms with van der Waals surface area (Å²) in [5.74, 6) is -0.356. The van der Waals surface area contributed by atoms with Gasteiger partial charge in [-0.05, 0) is 41.8 Å². The zero-order valence-corrected chi connectivity index (χ0v) is 12.5. The first-order valence-electron chi connectivity index (χ1n) is 7.69. The predicted molar refractivity (Wildman–Crippen MR) is 90.2 cm³/mol. The zero-order valence-electron chi connectivity index (χ0n) is 12.5. The Morgan fingerprint density at radius 2 is 1.96 bits per heavy atom. The van der Waals surface area contributed by atoms with Crippen LogP contribution in [0, 0.1) is 5.82 Å². The van der Waals surface area contributed by atoms with Crippen LogP contribution in [0.1, 0.15) is 24.3 Å². The van der Waals surface area contributed by atoms with E-state index >= 15 is 0 Å². The fourth-order valence-electron chi connectivity index (χ4n) is 3.15. The van der Waals surface area contributed by atoms with E-state index in [-0.39, 0.29) is 17.2 Å². The molecule has 23 heavy (non-hydrogen) atoms. The lowest BCUT2D eigenvalue weighted by atomic mass is 9.95. The molecule has 0 aliphatic heterocycles. The maximum absolute atomic E-state index is 13.7. The highest BCUT2D eigenvalue weighted by molar-refractivity contribution is 6.05. The van der Waals surface area contributed by atoms with Gasteiger partial charge in [0, 0.05) is 11.5 Å². The molecule has 0 amide bonds. The van der Waals surface area contributed by atoms with E-state index in [2.05, 4.69) is 18.2 Å². The highest BCUT2D eigenvalue weighted by atomic mass is 19.1. The Morgan fingerprint density at radius 3 is 2.87 bits per heavy atom. The summed E-state index contributed by atoms with van der Waals surface area (Å²) in [6, 6.07) is 8.10. The van der Waals surface area contributed by atoms with E-state index in [1.54, 1.807) is 18.4 Å². The van der Waals surface area contributed by atoms with Gasteiger partial charge in [0.2, 0.25) is 0 Å². The first-order valence-corrected chi connectivity index (χ1v) is 7.69. The molecule has 1 aliphatic rings. The lowest BCUT2D eigenvalue weighted by Gasteiger charge is -2.11. The van der Waals surface area contributed by atoms with Gasteiger partial charge in [0.15, 0.2) is 5.43 Å². The second-order valence-corrected chi connectivity index (χ2v) is 5.80. The molecule has 2 nitrogen and oxygen atoms in total. The summed E-state index contributed by atoms with van der Waals surface area (Å²) < 4.78 is 19.3. The number of rotatable bonds is 1. The molecule has 0 fully saturated rings. The fourth-order valence-corrected chi connectivity index (χ4v) is 3.15. The number of hydrogen-bond donors (Lipinski definition) is 0. The minimum atomic E-state index is -0.355. The highest BCUT2D eigenvalue weighted by Crippen LogP contribution is 2.28. The third-order valence-corrected chi connectivity index (χ3v) is 4.34. The Labute approximate surface area is 132 Å². The van der Waals surface area contributed by atoms with Gasteiger partial charge in [0.05, 0.1) is 11.6 Å². The summed E-state index contributed by atoms with van der Waals surface area (Å²) in [5.41, 5.74) is 1.04. The van der Waals surface area contributed by atoms with Crippen LogP contribution in [-0.2, 0) is 0 Å². The normalized spacial score (nSPS) is 17.7. The van der Waals surface area contributed by atoms with E-state index in [1.165, 1.54) is 12.1 Å². The number of benzene rings is 2. The molecule has 0 saturated carbocycles. The van der Waals surface area contributed by atoms with E-state index < -0.39 is 0 Å². The van der Waals surface area contributed by atoms with E-state index in [0.717, 1.165) is 18.2 Å². The molecule has 0 radical (unpaired) electrons. The van der Waals surface area contributed by atoms with E-state index in [1.807, 2.05) is 12.1 Å². The molecule has 2 aromatic carbocycles. The fraction of sp³-hybridized carbons (Fsp3) is 0.150. The molecule has 1 unspecified atom stereocenters. The van der Waals surface area contributed by atoms with Gasteiger partial charge in [0.25, 0.3) is 0 Å². The summed E-state index contributed by atoms with van der Waals surface area (Å²) in [7, 11) is 0. The van der Waals surface area contributed by atoms with Crippen LogP contribution in [0.4, 0.5) is 4.39 Å². The summed E-state index contributed by atoms with van der Waals surface area (Å²) in [6.45, 7) is 0. The van der Waals surface area contributed by atoms with Crippen molar-refractivity contribution in [2.24, 2.45) is 0 Å². The van der Waals surface area contributed by atoms with Gasteiger partial charge in [-0.25, -0.2) is 4.39 Å². The van der Waals surface area contributed by atoms with Crippen LogP contribution in [0.25, 0.3) is 21.7 Å². The SMILES string of the molecule is O=c1c(C2C=CCC=CC2)coc2ccc3ccc(F)cc3c12. The molecular weight excluding hydrogens is 291 g/mol. The maximum Gasteiger partial charge on any atom is 0.197 e. The van der Waals surface area contributed by atoms with Crippen molar-refractivity contribution in [3.63, 3.8) is 0 Å². The minimum Gasteiger partial charge on any atom is -0.464 e. The van der Waals surface area contributed by atoms with Crippen molar-refractivity contribution < 1.29 is 8.81 Å². The van der Waals surface area contributed by atoms with Crippen molar-refractivity contribution in [1.29, 1.82) is 0 Å². The quantitative estimate of drug-likeness (QED) is 0.464. The molecule has 1 aromatic heterocycles. The molecule has 0 N–H and O–H groups in total. The van der Waals surface area contributed by atoms with Gasteiger partial charge in [-0.1, -0.05) is 36.4 Å². The predicted octanol–water partition coefficient (Wildman–Crippen LogP) is 5.08. The second-order valence-electron chi connectivity index (χ2n) is 5.80. The van der Waals surface area contributed by atoms with Crippen LogP contribution < -0.4 is 5.43 Å². The number of fused-ring (bicyclic) bond motifs is 3. The molecule has 0 saturated heterocycles. The van der Waals surface area contributed by atoms with Crippen LogP contribution >= 0.6 is 0 Å². The summed E-state index contributed by atoms with van der Waals surface area (Å²) in [5, 5.41) is 1.90. The Balaban J connectivity index is 2.03. The van der Waals surface area contributed by atoms with E-state index in [0.29, 0.717) is 21.9 Å². The first kappa shape index (κ1) is 13.9. The molecular formula is C20H15FO2. The van der Waals surface area contributed by atoms with Crippen molar-refractivity contribution in [2.75, 3.05) is 0 Å². The van der Waals surface area contributed by atoms with Crippen molar-refractivity contribution in [3.8, 4) is 0 Å². The third kappa shape index (κ3) is 2.38. The van der Waals surface area contributed by atoms with Crippen LogP contribution in [0.2, 0.25) is 0 Å². The van der Waals surface area contributed by atoms with E-state index in [4.69, 9.17) is 4.42 Å². The van der Waals surface area contributed by atoms with Crippen molar-refractivity contribution >= 4 is 21.7 Å². The molecule has 3 heteroatoms. The van der Waals surface area contributed by atoms with Crippen molar-refractivity contribution in [1.82, 2.24) is 0 Å². The van der Waals surface area contributed by atoms with Gasteiger partial charge in [-0.15, -0.1) is 0 Å². The lowest BCUT2D eigenvalue weighted by Crippen LogP contribution is -2.12. The Morgan fingerprint density at radius 1 is 1.09 bits per heavy atom. The summed E-state index contributed by atoms with van der Waals surface area (Å²) >= 11 is 0.